The molecule has 2 heterocycles. The average molecular weight is 308 g/mol. The Labute approximate surface area is 130 Å². The van der Waals surface area contributed by atoms with Crippen LogP contribution in [0.25, 0.3) is 0 Å². The Morgan fingerprint density at radius 3 is 2.36 bits per heavy atom. The van der Waals surface area contributed by atoms with Crippen LogP contribution in [0.15, 0.2) is 12.4 Å². The van der Waals surface area contributed by atoms with Crippen molar-refractivity contribution in [3.8, 4) is 0 Å². The van der Waals surface area contributed by atoms with E-state index in [1.807, 2.05) is 27.7 Å². The second kappa shape index (κ2) is 6.37. The van der Waals surface area contributed by atoms with E-state index in [-0.39, 0.29) is 12.1 Å². The number of aryl methyl sites for hydroxylation is 1. The standard InChI is InChI=1S/C15H24N4O3/c1-12-10-16-19(11-12)13(20)17-6-5-7-18(9-8-17)14(21)22-15(2,3)4/h10-11H,5-9H2,1-4H3. The maximum Gasteiger partial charge on any atom is 0.410 e. The van der Waals surface area contributed by atoms with Gasteiger partial charge >= 0.3 is 12.1 Å². The largest absolute Gasteiger partial charge is 0.444 e. The summed E-state index contributed by atoms with van der Waals surface area (Å²) in [5.74, 6) is 0. The van der Waals surface area contributed by atoms with Gasteiger partial charge in [-0.1, -0.05) is 0 Å². The van der Waals surface area contributed by atoms with Crippen LogP contribution >= 0.6 is 0 Å². The molecule has 7 nitrogen and oxygen atoms in total. The number of amides is 2. The summed E-state index contributed by atoms with van der Waals surface area (Å²) >= 11 is 0. The lowest BCUT2D eigenvalue weighted by Gasteiger charge is -2.26. The molecule has 22 heavy (non-hydrogen) atoms. The number of hydrogen-bond acceptors (Lipinski definition) is 4. The highest BCUT2D eigenvalue weighted by molar-refractivity contribution is 5.76. The van der Waals surface area contributed by atoms with Gasteiger partial charge in [-0.2, -0.15) is 9.78 Å². The van der Waals surface area contributed by atoms with Crippen molar-refractivity contribution < 1.29 is 14.3 Å². The van der Waals surface area contributed by atoms with Gasteiger partial charge in [0.2, 0.25) is 0 Å². The fourth-order valence-corrected chi connectivity index (χ4v) is 2.28. The van der Waals surface area contributed by atoms with Crippen molar-refractivity contribution in [2.75, 3.05) is 26.2 Å². The first-order valence-electron chi connectivity index (χ1n) is 7.55. The van der Waals surface area contributed by atoms with E-state index in [1.165, 1.54) is 4.68 Å². The first-order chi connectivity index (χ1) is 10.3. The first kappa shape index (κ1) is 16.3. The van der Waals surface area contributed by atoms with E-state index in [1.54, 1.807) is 22.2 Å². The molecule has 0 bridgehead atoms. The summed E-state index contributed by atoms with van der Waals surface area (Å²) in [5.41, 5.74) is 0.435. The van der Waals surface area contributed by atoms with Gasteiger partial charge in [0.1, 0.15) is 5.60 Å². The van der Waals surface area contributed by atoms with Crippen LogP contribution in [0.5, 0.6) is 0 Å². The van der Waals surface area contributed by atoms with E-state index in [0.29, 0.717) is 26.2 Å². The van der Waals surface area contributed by atoms with Gasteiger partial charge in [-0.25, -0.2) is 9.59 Å². The summed E-state index contributed by atoms with van der Waals surface area (Å²) in [5, 5.41) is 4.04. The van der Waals surface area contributed by atoms with Gasteiger partial charge in [0.05, 0.1) is 6.20 Å². The summed E-state index contributed by atoms with van der Waals surface area (Å²) < 4.78 is 6.73. The van der Waals surface area contributed by atoms with Crippen molar-refractivity contribution in [2.24, 2.45) is 0 Å². The van der Waals surface area contributed by atoms with E-state index >= 15 is 0 Å². The molecular weight excluding hydrogens is 284 g/mol. The minimum Gasteiger partial charge on any atom is -0.444 e. The van der Waals surface area contributed by atoms with Gasteiger partial charge in [0, 0.05) is 32.4 Å². The zero-order valence-corrected chi connectivity index (χ0v) is 13.7. The molecule has 122 valence electrons. The molecule has 1 fully saturated rings. The Morgan fingerprint density at radius 2 is 1.77 bits per heavy atom. The number of aromatic nitrogens is 2. The zero-order chi connectivity index (χ0) is 16.3. The molecule has 2 amide bonds. The molecular formula is C15H24N4O3. The van der Waals surface area contributed by atoms with Gasteiger partial charge in [0.25, 0.3) is 0 Å². The summed E-state index contributed by atoms with van der Waals surface area (Å²) in [6.45, 7) is 9.59. The summed E-state index contributed by atoms with van der Waals surface area (Å²) in [6.07, 6.45) is 3.77. The second-order valence-electron chi connectivity index (χ2n) is 6.55. The third-order valence-corrected chi connectivity index (χ3v) is 3.33. The highest BCUT2D eigenvalue weighted by Gasteiger charge is 2.26. The van der Waals surface area contributed by atoms with Gasteiger partial charge in [0.15, 0.2) is 0 Å². The van der Waals surface area contributed by atoms with Crippen LogP contribution in [0.3, 0.4) is 0 Å². The minimum atomic E-state index is -0.508. The van der Waals surface area contributed by atoms with Gasteiger partial charge < -0.3 is 14.5 Å². The Hall–Kier alpha value is -2.05. The normalized spacial score (nSPS) is 16.4. The van der Waals surface area contributed by atoms with Gasteiger partial charge in [-0.05, 0) is 39.7 Å². The molecule has 0 atom stereocenters. The van der Waals surface area contributed by atoms with Crippen LogP contribution in [0.4, 0.5) is 9.59 Å². The molecule has 1 saturated heterocycles. The van der Waals surface area contributed by atoms with E-state index in [4.69, 9.17) is 4.74 Å². The van der Waals surface area contributed by atoms with Crippen LogP contribution in [-0.2, 0) is 4.74 Å². The molecule has 0 saturated carbocycles. The predicted molar refractivity (Wildman–Crippen MR) is 81.8 cm³/mol. The molecule has 0 aromatic carbocycles. The van der Waals surface area contributed by atoms with Crippen molar-refractivity contribution in [3.05, 3.63) is 18.0 Å². The van der Waals surface area contributed by atoms with Crippen molar-refractivity contribution in [2.45, 2.75) is 39.7 Å². The molecule has 7 heteroatoms. The average Bonchev–Trinajstić information content (AvgIpc) is 2.70. The molecule has 1 aromatic heterocycles. The third kappa shape index (κ3) is 4.22. The van der Waals surface area contributed by atoms with Crippen LogP contribution in [0, 0.1) is 6.92 Å². The number of carbonyl (C=O) groups excluding carboxylic acids is 2. The molecule has 0 unspecified atom stereocenters. The summed E-state index contributed by atoms with van der Waals surface area (Å²) in [4.78, 5) is 27.8. The number of rotatable bonds is 0. The Kier molecular flexibility index (Phi) is 4.73. The van der Waals surface area contributed by atoms with E-state index in [0.717, 1.165) is 12.0 Å². The molecule has 1 aromatic rings. The van der Waals surface area contributed by atoms with E-state index in [9.17, 15) is 9.59 Å². The summed E-state index contributed by atoms with van der Waals surface area (Å²) in [7, 11) is 0. The predicted octanol–water partition coefficient (Wildman–Crippen LogP) is 2.10. The number of hydrogen-bond donors (Lipinski definition) is 0. The fourth-order valence-electron chi connectivity index (χ4n) is 2.28. The number of ether oxygens (including phenoxy) is 1. The molecule has 0 spiro atoms. The highest BCUT2D eigenvalue weighted by atomic mass is 16.6. The molecule has 1 aliphatic heterocycles. The highest BCUT2D eigenvalue weighted by Crippen LogP contribution is 2.12. The van der Waals surface area contributed by atoms with Crippen LogP contribution in [0.1, 0.15) is 32.8 Å². The van der Waals surface area contributed by atoms with Crippen molar-refractivity contribution in [1.82, 2.24) is 19.6 Å². The first-order valence-corrected chi connectivity index (χ1v) is 7.55. The SMILES string of the molecule is Cc1cnn(C(=O)N2CCCN(C(=O)OC(C)(C)C)CC2)c1. The van der Waals surface area contributed by atoms with Crippen LogP contribution in [0.2, 0.25) is 0 Å². The molecule has 0 radical (unpaired) electrons. The Bertz CT molecular complexity index is 547. The quantitative estimate of drug-likeness (QED) is 0.736. The zero-order valence-electron chi connectivity index (χ0n) is 13.7. The second-order valence-corrected chi connectivity index (χ2v) is 6.55. The van der Waals surface area contributed by atoms with Crippen LogP contribution < -0.4 is 0 Å². The maximum absolute atomic E-state index is 12.4. The van der Waals surface area contributed by atoms with E-state index < -0.39 is 5.60 Å². The van der Waals surface area contributed by atoms with Crippen LogP contribution in [-0.4, -0.2) is 63.5 Å². The maximum atomic E-state index is 12.4. The lowest BCUT2D eigenvalue weighted by Crippen LogP contribution is -2.41. The lowest BCUT2D eigenvalue weighted by atomic mass is 10.2. The third-order valence-electron chi connectivity index (χ3n) is 3.33. The summed E-state index contributed by atoms with van der Waals surface area (Å²) in [6, 6.07) is -0.154. The van der Waals surface area contributed by atoms with Crippen molar-refractivity contribution >= 4 is 12.1 Å². The Balaban J connectivity index is 1.95. The monoisotopic (exact) mass is 308 g/mol. The van der Waals surface area contributed by atoms with Gasteiger partial charge in [-0.3, -0.25) is 0 Å². The molecule has 1 aliphatic rings. The lowest BCUT2D eigenvalue weighted by molar-refractivity contribution is 0.0258. The van der Waals surface area contributed by atoms with Crippen molar-refractivity contribution in [1.29, 1.82) is 0 Å². The number of carbonyl (C=O) groups is 2. The fraction of sp³-hybridized carbons (Fsp3) is 0.667. The van der Waals surface area contributed by atoms with Crippen molar-refractivity contribution in [3.63, 3.8) is 0 Å². The molecule has 0 aliphatic carbocycles. The van der Waals surface area contributed by atoms with E-state index in [2.05, 4.69) is 5.10 Å². The number of nitrogens with zero attached hydrogens (tertiary/aromatic N) is 4. The smallest absolute Gasteiger partial charge is 0.410 e. The minimum absolute atomic E-state index is 0.154. The molecule has 0 N–H and O–H groups in total. The molecule has 2 rings (SSSR count). The Morgan fingerprint density at radius 1 is 1.14 bits per heavy atom. The van der Waals surface area contributed by atoms with Gasteiger partial charge in [-0.15, -0.1) is 0 Å². The topological polar surface area (TPSA) is 67.7 Å².